The topological polar surface area (TPSA) is 111 Å². The van der Waals surface area contributed by atoms with E-state index in [1.165, 1.54) is 89.9 Å². The number of nitrogens with one attached hydrogen (secondary N) is 2. The van der Waals surface area contributed by atoms with Crippen molar-refractivity contribution in [3.05, 3.63) is 108 Å². The first-order valence-electron chi connectivity index (χ1n) is 26.4. The van der Waals surface area contributed by atoms with Gasteiger partial charge in [0.25, 0.3) is 8.32 Å². The molecule has 3 aromatic rings. The number of ether oxygens (including phenoxy) is 1. The van der Waals surface area contributed by atoms with Crippen LogP contribution < -0.4 is 10.6 Å². The van der Waals surface area contributed by atoms with E-state index in [0.717, 1.165) is 35.6 Å². The van der Waals surface area contributed by atoms with E-state index in [0.29, 0.717) is 0 Å². The van der Waals surface area contributed by atoms with E-state index in [1.807, 2.05) is 91.0 Å². The van der Waals surface area contributed by atoms with Gasteiger partial charge >= 0.3 is 12.1 Å². The maximum absolute atomic E-state index is 15.0. The van der Waals surface area contributed by atoms with Gasteiger partial charge in [0.05, 0.1) is 6.04 Å². The summed E-state index contributed by atoms with van der Waals surface area (Å²) in [7, 11) is -2.91. The third-order valence-electron chi connectivity index (χ3n) is 13.5. The van der Waals surface area contributed by atoms with Gasteiger partial charge in [0, 0.05) is 18.8 Å². The van der Waals surface area contributed by atoms with Crippen LogP contribution in [0.1, 0.15) is 195 Å². The van der Waals surface area contributed by atoms with Crippen LogP contribution >= 0.6 is 0 Å². The Balaban J connectivity index is 1.79. The molecule has 2 amide bonds. The second kappa shape index (κ2) is 29.7. The molecule has 68 heavy (non-hydrogen) atoms. The molecule has 0 saturated heterocycles. The van der Waals surface area contributed by atoms with Crippen molar-refractivity contribution in [1.29, 1.82) is 0 Å². The number of hydrogen-bond acceptors (Lipinski definition) is 6. The second-order valence-corrected chi connectivity index (χ2v) is 27.9. The minimum atomic E-state index is -2.91. The maximum atomic E-state index is 15.0. The molecule has 0 aliphatic carbocycles. The van der Waals surface area contributed by atoms with Crippen molar-refractivity contribution >= 4 is 32.1 Å². The summed E-state index contributed by atoms with van der Waals surface area (Å²) in [4.78, 5) is 57.3. The molecule has 3 aromatic carbocycles. The van der Waals surface area contributed by atoms with Gasteiger partial charge in [-0.1, -0.05) is 242 Å². The summed E-state index contributed by atoms with van der Waals surface area (Å²) in [5.74, 6) is -1.98. The number of amides is 2. The molecular weight excluding hydrogens is 861 g/mol. The largest absolute Gasteiger partial charge is 0.516 e. The van der Waals surface area contributed by atoms with Crippen LogP contribution in [0.3, 0.4) is 0 Å². The first-order valence-corrected chi connectivity index (χ1v) is 28.5. The standard InChI is InChI=1S/C59H92N2O6Si/c1-11-12-13-14-15-16-17-18-19-20-21-22-23-24-25-35-42-68(58(5,6)7,59(8,9)10)67-55(64)52(45-49-40-33-28-34-41-49)60-54(63)50(43-47-36-29-26-30-37-47)46-53(62)51(44-48-38-31-27-32-39-48)61-56(65)66-57(2,3)4/h26-34,36-41,50-52H,11-25,35,42-46H2,1-10H3,(H,60,63)(H,61,65)/t50-,51+,52+/m1/s1. The molecule has 0 fully saturated rings. The fourth-order valence-electron chi connectivity index (χ4n) is 9.82. The minimum Gasteiger partial charge on any atom is -0.516 e. The average Bonchev–Trinajstić information content (AvgIpc) is 3.27. The van der Waals surface area contributed by atoms with Crippen LogP contribution in [0.5, 0.6) is 0 Å². The van der Waals surface area contributed by atoms with E-state index in [2.05, 4.69) is 59.1 Å². The number of carbonyl (C=O) groups is 4. The van der Waals surface area contributed by atoms with Gasteiger partial charge in [0.1, 0.15) is 11.6 Å². The molecule has 0 unspecified atom stereocenters. The Morgan fingerprint density at radius 2 is 0.882 bits per heavy atom. The highest BCUT2D eigenvalue weighted by atomic mass is 28.4. The van der Waals surface area contributed by atoms with Crippen molar-refractivity contribution in [3.8, 4) is 0 Å². The third kappa shape index (κ3) is 21.6. The number of alkyl carbamates (subject to hydrolysis) is 1. The van der Waals surface area contributed by atoms with Crippen molar-refractivity contribution < 1.29 is 28.3 Å². The van der Waals surface area contributed by atoms with Gasteiger partial charge in [0.15, 0.2) is 5.78 Å². The molecule has 0 heterocycles. The Kier molecular flexibility index (Phi) is 25.4. The Bertz CT molecular complexity index is 1870. The van der Waals surface area contributed by atoms with Crippen molar-refractivity contribution in [3.63, 3.8) is 0 Å². The lowest BCUT2D eigenvalue weighted by Gasteiger charge is -2.50. The first kappa shape index (κ1) is 58.1. The molecule has 8 nitrogen and oxygen atoms in total. The van der Waals surface area contributed by atoms with Crippen molar-refractivity contribution in [1.82, 2.24) is 10.6 Å². The maximum Gasteiger partial charge on any atom is 0.408 e. The first-order chi connectivity index (χ1) is 32.2. The van der Waals surface area contributed by atoms with Gasteiger partial charge in [-0.05, 0) is 66.4 Å². The molecule has 3 atom stereocenters. The zero-order valence-electron chi connectivity index (χ0n) is 44.2. The summed E-state index contributed by atoms with van der Waals surface area (Å²) in [5, 5.41) is 5.39. The number of unbranched alkanes of at least 4 members (excludes halogenated alkanes) is 15. The smallest absolute Gasteiger partial charge is 0.408 e. The number of ketones is 1. The molecule has 0 spiro atoms. The molecule has 0 aliphatic heterocycles. The molecule has 0 aliphatic rings. The van der Waals surface area contributed by atoms with Gasteiger partial charge in [-0.15, -0.1) is 0 Å². The molecule has 9 heteroatoms. The lowest BCUT2D eigenvalue weighted by molar-refractivity contribution is -0.141. The molecule has 0 radical (unpaired) electrons. The van der Waals surface area contributed by atoms with Crippen molar-refractivity contribution in [2.24, 2.45) is 5.92 Å². The summed E-state index contributed by atoms with van der Waals surface area (Å²) < 4.78 is 12.6. The lowest BCUT2D eigenvalue weighted by atomic mass is 9.89. The van der Waals surface area contributed by atoms with Crippen molar-refractivity contribution in [2.75, 3.05) is 0 Å². The molecule has 378 valence electrons. The van der Waals surface area contributed by atoms with E-state index in [9.17, 15) is 19.2 Å². The van der Waals surface area contributed by atoms with Crippen LogP contribution in [0.2, 0.25) is 16.1 Å². The van der Waals surface area contributed by atoms with Crippen LogP contribution in [-0.2, 0) is 42.8 Å². The van der Waals surface area contributed by atoms with Gasteiger partial charge in [0.2, 0.25) is 5.91 Å². The number of carbonyl (C=O) groups excluding carboxylic acids is 4. The number of rotatable bonds is 31. The SMILES string of the molecule is CCCCCCCCCCCCCCCCCC[Si](OC(=O)[C@H](Cc1ccccc1)NC(=O)[C@@H](CC(=O)[C@H](Cc1ccccc1)NC(=O)OC(C)(C)C)Cc1ccccc1)(C(C)(C)C)C(C)(C)C. The Hall–Kier alpha value is -4.24. The van der Waals surface area contributed by atoms with E-state index >= 15 is 0 Å². The quantitative estimate of drug-likeness (QED) is 0.0491. The average molecular weight is 953 g/mol. The van der Waals surface area contributed by atoms with E-state index in [4.69, 9.17) is 9.16 Å². The summed E-state index contributed by atoms with van der Waals surface area (Å²) in [5.41, 5.74) is 1.87. The van der Waals surface area contributed by atoms with Crippen LogP contribution in [0.25, 0.3) is 0 Å². The zero-order chi connectivity index (χ0) is 50.1. The van der Waals surface area contributed by atoms with Gasteiger partial charge in [-0.25, -0.2) is 4.79 Å². The number of Topliss-reactive ketones (excluding diaryl/α,β-unsaturated/α-hetero) is 1. The minimum absolute atomic E-state index is 0.164. The van der Waals surface area contributed by atoms with Crippen LogP contribution in [0.4, 0.5) is 4.79 Å². The second-order valence-electron chi connectivity index (χ2n) is 22.5. The Morgan fingerprint density at radius 1 is 0.500 bits per heavy atom. The summed E-state index contributed by atoms with van der Waals surface area (Å²) in [6.07, 6.45) is 20.7. The summed E-state index contributed by atoms with van der Waals surface area (Å²) in [6, 6.07) is 27.7. The molecule has 0 saturated carbocycles. The van der Waals surface area contributed by atoms with E-state index in [-0.39, 0.29) is 41.5 Å². The third-order valence-corrected chi connectivity index (χ3v) is 19.9. The van der Waals surface area contributed by atoms with Crippen LogP contribution in [0, 0.1) is 5.92 Å². The fourth-order valence-corrected chi connectivity index (χ4v) is 15.5. The highest BCUT2D eigenvalue weighted by molar-refractivity contribution is 6.80. The van der Waals surface area contributed by atoms with Crippen LogP contribution in [-0.4, -0.2) is 49.8 Å². The monoisotopic (exact) mass is 953 g/mol. The lowest BCUT2D eigenvalue weighted by Crippen LogP contribution is -2.58. The fraction of sp³-hybridized carbons (Fsp3) is 0.627. The van der Waals surface area contributed by atoms with Crippen molar-refractivity contribution in [2.45, 2.75) is 231 Å². The Labute approximate surface area is 414 Å². The summed E-state index contributed by atoms with van der Waals surface area (Å²) >= 11 is 0. The molecule has 0 bridgehead atoms. The molecule has 0 aromatic heterocycles. The highest BCUT2D eigenvalue weighted by Crippen LogP contribution is 2.54. The van der Waals surface area contributed by atoms with Crippen LogP contribution in [0.15, 0.2) is 91.0 Å². The molecular formula is C59H92N2O6Si. The normalized spacial score (nSPS) is 13.6. The zero-order valence-corrected chi connectivity index (χ0v) is 45.2. The predicted molar refractivity (Wildman–Crippen MR) is 284 cm³/mol. The van der Waals surface area contributed by atoms with Gasteiger partial charge < -0.3 is 19.8 Å². The molecule has 2 N–H and O–H groups in total. The van der Waals surface area contributed by atoms with Gasteiger partial charge in [-0.3, -0.25) is 14.4 Å². The summed E-state index contributed by atoms with van der Waals surface area (Å²) in [6.45, 7) is 20.9. The highest BCUT2D eigenvalue weighted by Gasteiger charge is 2.57. The van der Waals surface area contributed by atoms with E-state index < -0.39 is 49.9 Å². The number of benzene rings is 3. The predicted octanol–water partition coefficient (Wildman–Crippen LogP) is 15.0. The molecule has 3 rings (SSSR count). The van der Waals surface area contributed by atoms with Gasteiger partial charge in [-0.2, -0.15) is 0 Å². The number of hydrogen-bond donors (Lipinski definition) is 2. The Morgan fingerprint density at radius 3 is 1.28 bits per heavy atom. The van der Waals surface area contributed by atoms with E-state index in [1.54, 1.807) is 20.8 Å².